The maximum Gasteiger partial charge on any atom is 0.331 e. The summed E-state index contributed by atoms with van der Waals surface area (Å²) in [6.07, 6.45) is 2.20. The van der Waals surface area contributed by atoms with Crippen LogP contribution in [0, 0.1) is 10.1 Å². The summed E-state index contributed by atoms with van der Waals surface area (Å²) < 4.78 is 25.5. The molecule has 0 bridgehead atoms. The van der Waals surface area contributed by atoms with Crippen molar-refractivity contribution in [3.05, 3.63) is 57.6 Å². The van der Waals surface area contributed by atoms with Gasteiger partial charge in [-0.2, -0.15) is 0 Å². The molecule has 0 aromatic heterocycles. The van der Waals surface area contributed by atoms with E-state index in [-0.39, 0.29) is 35.1 Å². The first-order chi connectivity index (χ1) is 14.4. The molecule has 2 aromatic carbocycles. The third kappa shape index (κ3) is 4.49. The lowest BCUT2D eigenvalue weighted by Crippen LogP contribution is -2.13. The molecule has 0 saturated heterocycles. The number of nitrogens with zero attached hydrogens (tertiary/aromatic N) is 1. The molecule has 1 heterocycles. The van der Waals surface area contributed by atoms with Crippen molar-refractivity contribution in [2.45, 2.75) is 0 Å². The fourth-order valence-electron chi connectivity index (χ4n) is 2.69. The molecule has 0 spiro atoms. The van der Waals surface area contributed by atoms with E-state index < -0.39 is 23.3 Å². The van der Waals surface area contributed by atoms with Crippen molar-refractivity contribution in [2.24, 2.45) is 0 Å². The minimum Gasteiger partial charge on any atom is -0.497 e. The van der Waals surface area contributed by atoms with E-state index in [1.165, 1.54) is 44.6 Å². The summed E-state index contributed by atoms with van der Waals surface area (Å²) in [7, 11) is 2.88. The lowest BCUT2D eigenvalue weighted by atomic mass is 10.1. The van der Waals surface area contributed by atoms with Gasteiger partial charge in [0.2, 0.25) is 12.6 Å². The van der Waals surface area contributed by atoms with Crippen molar-refractivity contribution in [3.63, 3.8) is 0 Å². The maximum atomic E-state index is 12.3. The molecule has 0 saturated carbocycles. The summed E-state index contributed by atoms with van der Waals surface area (Å²) in [5, 5.41) is 11.2. The second-order valence-electron chi connectivity index (χ2n) is 5.95. The smallest absolute Gasteiger partial charge is 0.331 e. The van der Waals surface area contributed by atoms with Gasteiger partial charge in [0.25, 0.3) is 5.69 Å². The van der Waals surface area contributed by atoms with Crippen molar-refractivity contribution in [1.29, 1.82) is 0 Å². The normalized spacial score (nSPS) is 11.9. The number of rotatable bonds is 8. The van der Waals surface area contributed by atoms with E-state index in [2.05, 4.69) is 0 Å². The molecular formula is C20H17NO9. The minimum atomic E-state index is -0.845. The van der Waals surface area contributed by atoms with Crippen LogP contribution in [0.25, 0.3) is 6.08 Å². The van der Waals surface area contributed by atoms with Gasteiger partial charge in [-0.3, -0.25) is 14.9 Å². The summed E-state index contributed by atoms with van der Waals surface area (Å²) in [6, 6.07) is 7.22. The molecule has 0 aliphatic carbocycles. The summed E-state index contributed by atoms with van der Waals surface area (Å²) in [6.45, 7) is -0.576. The van der Waals surface area contributed by atoms with Crippen LogP contribution in [-0.2, 0) is 9.53 Å². The molecule has 30 heavy (non-hydrogen) atoms. The number of ether oxygens (including phenoxy) is 5. The van der Waals surface area contributed by atoms with Crippen LogP contribution in [0.1, 0.15) is 15.9 Å². The van der Waals surface area contributed by atoms with E-state index in [1.807, 2.05) is 0 Å². The summed E-state index contributed by atoms with van der Waals surface area (Å²) in [5.41, 5.74) is 0.0909. The van der Waals surface area contributed by atoms with Crippen LogP contribution >= 0.6 is 0 Å². The Morgan fingerprint density at radius 2 is 1.87 bits per heavy atom. The van der Waals surface area contributed by atoms with Crippen LogP contribution in [0.5, 0.6) is 23.0 Å². The second kappa shape index (κ2) is 8.95. The van der Waals surface area contributed by atoms with E-state index in [9.17, 15) is 19.7 Å². The molecule has 0 radical (unpaired) electrons. The van der Waals surface area contributed by atoms with Crippen LogP contribution in [0.4, 0.5) is 5.69 Å². The molecule has 1 aliphatic rings. The van der Waals surface area contributed by atoms with Gasteiger partial charge in [-0.25, -0.2) is 4.79 Å². The predicted octanol–water partition coefficient (Wildman–Crippen LogP) is 2.78. The Bertz CT molecular complexity index is 1030. The molecule has 2 aromatic rings. The van der Waals surface area contributed by atoms with E-state index >= 15 is 0 Å². The van der Waals surface area contributed by atoms with Crippen molar-refractivity contribution < 1.29 is 38.2 Å². The quantitative estimate of drug-likeness (QED) is 0.210. The number of carbonyl (C=O) groups excluding carboxylic acids is 2. The van der Waals surface area contributed by atoms with Crippen molar-refractivity contribution in [1.82, 2.24) is 0 Å². The first kappa shape index (κ1) is 20.6. The molecule has 10 nitrogen and oxygen atoms in total. The van der Waals surface area contributed by atoms with Gasteiger partial charge in [0.1, 0.15) is 11.5 Å². The number of nitro groups is 1. The highest BCUT2D eigenvalue weighted by Gasteiger charge is 2.22. The molecule has 0 amide bonds. The lowest BCUT2D eigenvalue weighted by molar-refractivity contribution is -0.385. The molecular weight excluding hydrogens is 398 g/mol. The van der Waals surface area contributed by atoms with Crippen molar-refractivity contribution in [2.75, 3.05) is 27.6 Å². The Hall–Kier alpha value is -4.08. The van der Waals surface area contributed by atoms with Gasteiger partial charge >= 0.3 is 5.97 Å². The summed E-state index contributed by atoms with van der Waals surface area (Å²) in [4.78, 5) is 34.9. The zero-order valence-electron chi connectivity index (χ0n) is 16.1. The van der Waals surface area contributed by atoms with Gasteiger partial charge in [0.05, 0.1) is 36.3 Å². The van der Waals surface area contributed by atoms with Crippen LogP contribution < -0.4 is 18.9 Å². The van der Waals surface area contributed by atoms with E-state index in [4.69, 9.17) is 23.7 Å². The Morgan fingerprint density at radius 3 is 2.53 bits per heavy atom. The van der Waals surface area contributed by atoms with Crippen LogP contribution in [0.2, 0.25) is 0 Å². The van der Waals surface area contributed by atoms with Gasteiger partial charge in [-0.15, -0.1) is 0 Å². The first-order valence-electron chi connectivity index (χ1n) is 8.61. The van der Waals surface area contributed by atoms with Crippen molar-refractivity contribution >= 4 is 23.5 Å². The average molecular weight is 415 g/mol. The molecule has 0 N–H and O–H groups in total. The number of methoxy groups -OCH3 is 2. The van der Waals surface area contributed by atoms with Gasteiger partial charge in [-0.05, 0) is 24.3 Å². The first-order valence-corrected chi connectivity index (χ1v) is 8.61. The summed E-state index contributed by atoms with van der Waals surface area (Å²) in [5.74, 6) is 0.0412. The SMILES string of the molecule is COc1ccc(C(=O)COC(=O)/C=C/c2cc3c(cc2[N+](=O)[O-])OCO3)c(OC)c1. The third-order valence-corrected chi connectivity index (χ3v) is 4.17. The molecule has 0 unspecified atom stereocenters. The van der Waals surface area contributed by atoms with Crippen LogP contribution in [0.3, 0.4) is 0 Å². The largest absolute Gasteiger partial charge is 0.497 e. The Labute approximate surface area is 170 Å². The molecule has 0 fully saturated rings. The number of fused-ring (bicyclic) bond motifs is 1. The second-order valence-corrected chi connectivity index (χ2v) is 5.95. The van der Waals surface area contributed by atoms with Crippen LogP contribution in [-0.4, -0.2) is 44.3 Å². The minimum absolute atomic E-state index is 0.0430. The monoisotopic (exact) mass is 415 g/mol. The fraction of sp³-hybridized carbons (Fsp3) is 0.200. The average Bonchev–Trinajstić information content (AvgIpc) is 3.22. The van der Waals surface area contributed by atoms with E-state index in [0.29, 0.717) is 11.5 Å². The number of carbonyl (C=O) groups is 2. The number of nitro benzene ring substituents is 1. The van der Waals surface area contributed by atoms with Gasteiger partial charge in [0, 0.05) is 12.1 Å². The molecule has 156 valence electrons. The van der Waals surface area contributed by atoms with Crippen molar-refractivity contribution in [3.8, 4) is 23.0 Å². The summed E-state index contributed by atoms with van der Waals surface area (Å²) >= 11 is 0. The van der Waals surface area contributed by atoms with Gasteiger partial charge in [-0.1, -0.05) is 0 Å². The van der Waals surface area contributed by atoms with Gasteiger partial charge in [0.15, 0.2) is 18.1 Å². The highest BCUT2D eigenvalue weighted by molar-refractivity contribution is 6.01. The molecule has 10 heteroatoms. The Morgan fingerprint density at radius 1 is 1.13 bits per heavy atom. The number of benzene rings is 2. The lowest BCUT2D eigenvalue weighted by Gasteiger charge is -2.09. The predicted molar refractivity (Wildman–Crippen MR) is 103 cm³/mol. The van der Waals surface area contributed by atoms with Gasteiger partial charge < -0.3 is 23.7 Å². The van der Waals surface area contributed by atoms with E-state index in [1.54, 1.807) is 6.07 Å². The number of hydrogen-bond acceptors (Lipinski definition) is 9. The Kier molecular flexibility index (Phi) is 6.16. The highest BCUT2D eigenvalue weighted by atomic mass is 16.7. The standard InChI is InChI=1S/C20H17NO9/c1-26-13-4-5-14(17(8-13)27-2)16(22)10-28-20(23)6-3-12-7-18-19(30-11-29-18)9-15(12)21(24)25/h3-9H,10-11H2,1-2H3/b6-3+. The molecule has 1 aliphatic heterocycles. The number of ketones is 1. The number of hydrogen-bond donors (Lipinski definition) is 0. The highest BCUT2D eigenvalue weighted by Crippen LogP contribution is 2.38. The van der Waals surface area contributed by atoms with Crippen LogP contribution in [0.15, 0.2) is 36.4 Å². The number of esters is 1. The zero-order valence-corrected chi connectivity index (χ0v) is 16.1. The Balaban J connectivity index is 1.67. The van der Waals surface area contributed by atoms with E-state index in [0.717, 1.165) is 6.08 Å². The maximum absolute atomic E-state index is 12.3. The number of Topliss-reactive ketones (excluding diaryl/α,β-unsaturated/α-hetero) is 1. The third-order valence-electron chi connectivity index (χ3n) is 4.17. The topological polar surface area (TPSA) is 123 Å². The molecule has 3 rings (SSSR count). The zero-order chi connectivity index (χ0) is 21.7. The molecule has 0 atom stereocenters. The fourth-order valence-corrected chi connectivity index (χ4v) is 2.69.